The molecule has 25 heavy (non-hydrogen) atoms. The summed E-state index contributed by atoms with van der Waals surface area (Å²) in [5.41, 5.74) is 4.96. The number of hydrazone groups is 1. The summed E-state index contributed by atoms with van der Waals surface area (Å²) in [6.45, 7) is 1.81. The van der Waals surface area contributed by atoms with Crippen LogP contribution in [-0.4, -0.2) is 32.9 Å². The Morgan fingerprint density at radius 3 is 2.24 bits per heavy atom. The minimum absolute atomic E-state index is 0.190. The van der Waals surface area contributed by atoms with Crippen LogP contribution < -0.4 is 19.6 Å². The van der Waals surface area contributed by atoms with Crippen LogP contribution in [0, 0.1) is 0 Å². The third-order valence-electron chi connectivity index (χ3n) is 3.67. The molecule has 6 nitrogen and oxygen atoms in total. The molecule has 132 valence electrons. The van der Waals surface area contributed by atoms with E-state index in [0.29, 0.717) is 17.2 Å². The number of methoxy groups -OCH3 is 3. The lowest BCUT2D eigenvalue weighted by atomic mass is 10.1. The summed E-state index contributed by atoms with van der Waals surface area (Å²) in [6.07, 6.45) is 0.243. The highest BCUT2D eigenvalue weighted by atomic mass is 16.5. The topological polar surface area (TPSA) is 69.2 Å². The quantitative estimate of drug-likeness (QED) is 0.620. The summed E-state index contributed by atoms with van der Waals surface area (Å²) in [5, 5.41) is 4.15. The number of hydrogen-bond acceptors (Lipinski definition) is 5. The van der Waals surface area contributed by atoms with Gasteiger partial charge in [0.2, 0.25) is 5.91 Å². The summed E-state index contributed by atoms with van der Waals surface area (Å²) in [4.78, 5) is 12.0. The van der Waals surface area contributed by atoms with Gasteiger partial charge in [0, 0.05) is 5.56 Å². The molecule has 1 amide bonds. The molecule has 0 spiro atoms. The molecule has 2 rings (SSSR count). The predicted octanol–water partition coefficient (Wildman–Crippen LogP) is 2.80. The van der Waals surface area contributed by atoms with Crippen LogP contribution in [0.4, 0.5) is 0 Å². The molecule has 0 radical (unpaired) electrons. The fourth-order valence-corrected chi connectivity index (χ4v) is 2.24. The second-order valence-electron chi connectivity index (χ2n) is 5.33. The maximum Gasteiger partial charge on any atom is 0.244 e. The molecule has 2 aromatic rings. The Balaban J connectivity index is 2.00. The molecular formula is C19H22N2O4. The van der Waals surface area contributed by atoms with E-state index in [1.807, 2.05) is 43.3 Å². The second kappa shape index (κ2) is 8.73. The van der Waals surface area contributed by atoms with Gasteiger partial charge >= 0.3 is 0 Å². The molecule has 6 heteroatoms. The zero-order valence-corrected chi connectivity index (χ0v) is 14.8. The number of carbonyl (C=O) groups is 1. The Kier molecular flexibility index (Phi) is 6.39. The van der Waals surface area contributed by atoms with E-state index in [2.05, 4.69) is 10.5 Å². The van der Waals surface area contributed by atoms with Gasteiger partial charge in [0.05, 0.1) is 33.5 Å². The summed E-state index contributed by atoms with van der Waals surface area (Å²) in [7, 11) is 4.76. The van der Waals surface area contributed by atoms with E-state index in [0.717, 1.165) is 16.9 Å². The molecule has 0 aliphatic carbocycles. The number of hydrogen-bond donors (Lipinski definition) is 1. The second-order valence-corrected chi connectivity index (χ2v) is 5.33. The Morgan fingerprint density at radius 2 is 1.64 bits per heavy atom. The Morgan fingerprint density at radius 1 is 0.960 bits per heavy atom. The minimum atomic E-state index is -0.190. The van der Waals surface area contributed by atoms with Crippen molar-refractivity contribution in [3.05, 3.63) is 53.6 Å². The van der Waals surface area contributed by atoms with E-state index in [-0.39, 0.29) is 12.3 Å². The van der Waals surface area contributed by atoms with E-state index in [1.54, 1.807) is 27.4 Å². The number of rotatable bonds is 7. The first-order chi connectivity index (χ1) is 12.1. The van der Waals surface area contributed by atoms with Gasteiger partial charge in [-0.15, -0.1) is 0 Å². The van der Waals surface area contributed by atoms with E-state index < -0.39 is 0 Å². The van der Waals surface area contributed by atoms with Crippen LogP contribution in [0.15, 0.2) is 47.6 Å². The molecule has 0 unspecified atom stereocenters. The lowest BCUT2D eigenvalue weighted by Gasteiger charge is -2.09. The first-order valence-electron chi connectivity index (χ1n) is 7.75. The van der Waals surface area contributed by atoms with Gasteiger partial charge in [-0.05, 0) is 42.8 Å². The summed E-state index contributed by atoms with van der Waals surface area (Å²) in [6, 6.07) is 12.8. The van der Waals surface area contributed by atoms with Crippen molar-refractivity contribution in [1.29, 1.82) is 0 Å². The number of carbonyl (C=O) groups excluding carboxylic acids is 1. The van der Waals surface area contributed by atoms with Crippen LogP contribution in [0.5, 0.6) is 17.2 Å². The third kappa shape index (κ3) is 4.97. The van der Waals surface area contributed by atoms with E-state index in [1.165, 1.54) is 0 Å². The number of nitrogens with zero attached hydrogens (tertiary/aromatic N) is 1. The molecule has 2 aromatic carbocycles. The first-order valence-corrected chi connectivity index (χ1v) is 7.75. The van der Waals surface area contributed by atoms with Gasteiger partial charge in [-0.3, -0.25) is 4.79 Å². The largest absolute Gasteiger partial charge is 0.497 e. The zero-order chi connectivity index (χ0) is 18.2. The smallest absolute Gasteiger partial charge is 0.244 e. The third-order valence-corrected chi connectivity index (χ3v) is 3.67. The van der Waals surface area contributed by atoms with Crippen molar-refractivity contribution in [1.82, 2.24) is 5.43 Å². The Hall–Kier alpha value is -3.02. The van der Waals surface area contributed by atoms with Gasteiger partial charge in [-0.25, -0.2) is 5.43 Å². The molecule has 0 bridgehead atoms. The van der Waals surface area contributed by atoms with E-state index in [4.69, 9.17) is 14.2 Å². The molecule has 0 saturated carbocycles. The average molecular weight is 342 g/mol. The molecule has 0 heterocycles. The van der Waals surface area contributed by atoms with Crippen LogP contribution in [0.25, 0.3) is 0 Å². The standard InChI is InChI=1S/C19H22N2O4/c1-13(15-7-10-17(24-3)18(12-15)25-4)20-21-19(22)11-14-5-8-16(23-2)9-6-14/h5-10,12H,11H2,1-4H3,(H,21,22)/b20-13+. The van der Waals surface area contributed by atoms with Gasteiger partial charge < -0.3 is 14.2 Å². The minimum Gasteiger partial charge on any atom is -0.497 e. The van der Waals surface area contributed by atoms with Crippen molar-refractivity contribution in [2.75, 3.05) is 21.3 Å². The van der Waals surface area contributed by atoms with E-state index in [9.17, 15) is 4.79 Å². The predicted molar refractivity (Wildman–Crippen MR) is 96.6 cm³/mol. The van der Waals surface area contributed by atoms with Crippen LogP contribution in [-0.2, 0) is 11.2 Å². The molecule has 0 saturated heterocycles. The summed E-state index contributed by atoms with van der Waals surface area (Å²) < 4.78 is 15.6. The molecular weight excluding hydrogens is 320 g/mol. The lowest BCUT2D eigenvalue weighted by Crippen LogP contribution is -2.21. The van der Waals surface area contributed by atoms with Crippen molar-refractivity contribution in [3.63, 3.8) is 0 Å². The monoisotopic (exact) mass is 342 g/mol. The maximum absolute atomic E-state index is 12.0. The highest BCUT2D eigenvalue weighted by molar-refractivity contribution is 5.99. The van der Waals surface area contributed by atoms with Crippen molar-refractivity contribution in [2.45, 2.75) is 13.3 Å². The van der Waals surface area contributed by atoms with Crippen LogP contribution in [0.1, 0.15) is 18.1 Å². The van der Waals surface area contributed by atoms with Gasteiger partial charge in [0.25, 0.3) is 0 Å². The number of amides is 1. The van der Waals surface area contributed by atoms with E-state index >= 15 is 0 Å². The first kappa shape index (κ1) is 18.3. The fourth-order valence-electron chi connectivity index (χ4n) is 2.24. The summed E-state index contributed by atoms with van der Waals surface area (Å²) >= 11 is 0. The Labute approximate surface area is 147 Å². The van der Waals surface area contributed by atoms with Gasteiger partial charge in [0.15, 0.2) is 11.5 Å². The van der Waals surface area contributed by atoms with Gasteiger partial charge in [-0.1, -0.05) is 12.1 Å². The van der Waals surface area contributed by atoms with Crippen molar-refractivity contribution >= 4 is 11.6 Å². The maximum atomic E-state index is 12.0. The molecule has 0 aliphatic rings. The molecule has 0 aliphatic heterocycles. The van der Waals surface area contributed by atoms with Crippen molar-refractivity contribution < 1.29 is 19.0 Å². The fraction of sp³-hybridized carbons (Fsp3) is 0.263. The molecule has 0 fully saturated rings. The zero-order valence-electron chi connectivity index (χ0n) is 14.8. The van der Waals surface area contributed by atoms with Crippen molar-refractivity contribution in [3.8, 4) is 17.2 Å². The summed E-state index contributed by atoms with van der Waals surface area (Å²) in [5.74, 6) is 1.82. The number of ether oxygens (including phenoxy) is 3. The highest BCUT2D eigenvalue weighted by Crippen LogP contribution is 2.27. The average Bonchev–Trinajstić information content (AvgIpc) is 2.66. The highest BCUT2D eigenvalue weighted by Gasteiger charge is 2.07. The van der Waals surface area contributed by atoms with Gasteiger partial charge in [-0.2, -0.15) is 5.10 Å². The molecule has 0 aromatic heterocycles. The molecule has 0 atom stereocenters. The normalized spacial score (nSPS) is 11.0. The Bertz CT molecular complexity index is 755. The lowest BCUT2D eigenvalue weighted by molar-refractivity contribution is -0.120. The number of nitrogens with one attached hydrogen (secondary N) is 1. The number of benzene rings is 2. The van der Waals surface area contributed by atoms with Gasteiger partial charge in [0.1, 0.15) is 5.75 Å². The van der Waals surface area contributed by atoms with Crippen LogP contribution in [0.2, 0.25) is 0 Å². The van der Waals surface area contributed by atoms with Crippen LogP contribution >= 0.6 is 0 Å². The SMILES string of the molecule is COc1ccc(CC(=O)N/N=C(\C)c2ccc(OC)c(OC)c2)cc1. The van der Waals surface area contributed by atoms with Crippen LogP contribution in [0.3, 0.4) is 0 Å². The van der Waals surface area contributed by atoms with Crippen molar-refractivity contribution in [2.24, 2.45) is 5.10 Å². The molecule has 1 N–H and O–H groups in total.